The number of para-hydroxylation sites is 2. The molecular formula is C66H40N2. The predicted octanol–water partition coefficient (Wildman–Crippen LogP) is 16.4. The van der Waals surface area contributed by atoms with Crippen LogP contribution in [-0.4, -0.2) is 4.57 Å². The van der Waals surface area contributed by atoms with Crippen molar-refractivity contribution in [3.8, 4) is 39.1 Å². The van der Waals surface area contributed by atoms with Crippen LogP contribution in [0.1, 0.15) is 44.5 Å². The van der Waals surface area contributed by atoms with Gasteiger partial charge in [0.1, 0.15) is 0 Å². The predicted molar refractivity (Wildman–Crippen MR) is 280 cm³/mol. The van der Waals surface area contributed by atoms with E-state index >= 15 is 0 Å². The maximum Gasteiger partial charge on any atom is 0.0754 e. The summed E-state index contributed by atoms with van der Waals surface area (Å²) in [6.45, 7) is 0. The van der Waals surface area contributed by atoms with Crippen molar-refractivity contribution in [3.63, 3.8) is 0 Å². The molecule has 0 saturated carbocycles. The highest BCUT2D eigenvalue weighted by Crippen LogP contribution is 2.65. The number of hydrogen-bond acceptors (Lipinski definition) is 1. The van der Waals surface area contributed by atoms with E-state index in [4.69, 9.17) is 0 Å². The minimum atomic E-state index is -0.524. The van der Waals surface area contributed by atoms with Gasteiger partial charge in [-0.05, 0) is 120 Å². The first-order valence-corrected chi connectivity index (χ1v) is 23.8. The van der Waals surface area contributed by atoms with Crippen LogP contribution in [0.3, 0.4) is 0 Å². The Balaban J connectivity index is 1.02. The van der Waals surface area contributed by atoms with Gasteiger partial charge in [-0.2, -0.15) is 0 Å². The molecule has 0 amide bonds. The van der Waals surface area contributed by atoms with Gasteiger partial charge in [0.2, 0.25) is 0 Å². The van der Waals surface area contributed by atoms with E-state index in [9.17, 15) is 0 Å². The minimum absolute atomic E-state index is 0.468. The van der Waals surface area contributed by atoms with Gasteiger partial charge in [-0.25, -0.2) is 0 Å². The Hall–Kier alpha value is -8.72. The lowest BCUT2D eigenvalue weighted by atomic mass is 9.65. The van der Waals surface area contributed by atoms with E-state index in [1.165, 1.54) is 116 Å². The number of rotatable bonds is 3. The molecule has 314 valence electrons. The van der Waals surface area contributed by atoms with Crippen molar-refractivity contribution < 1.29 is 0 Å². The van der Waals surface area contributed by atoms with Gasteiger partial charge in [-0.1, -0.05) is 206 Å². The number of aromatic nitrogens is 1. The van der Waals surface area contributed by atoms with Crippen LogP contribution in [0, 0.1) is 0 Å². The zero-order chi connectivity index (χ0) is 44.3. The first kappa shape index (κ1) is 36.5. The van der Waals surface area contributed by atoms with Crippen LogP contribution in [-0.2, 0) is 10.8 Å². The first-order valence-electron chi connectivity index (χ1n) is 23.8. The van der Waals surface area contributed by atoms with E-state index in [0.29, 0.717) is 0 Å². The third kappa shape index (κ3) is 4.26. The number of anilines is 3. The van der Waals surface area contributed by atoms with Gasteiger partial charge in [-0.3, -0.25) is 0 Å². The highest BCUT2D eigenvalue weighted by molar-refractivity contribution is 6.13. The molecule has 4 aliphatic rings. The summed E-state index contributed by atoms with van der Waals surface area (Å²) in [5, 5.41) is 4.96. The molecule has 0 atom stereocenters. The standard InChI is InChI=1S/C66H40N2/c1-2-19-44-41(17-1)18-15-34-61(44)67(42-35-37-50-49-24-7-11-29-55(49)65(60(50)39-42)53-27-9-3-20-45(53)46-21-4-10-28-54(46)65)43-36-38-58-63(40-43)68-62-33-14-8-25-51(62)52-26-16-32-59(64(52)68)66(58)56-30-12-5-22-47(56)48-23-6-13-31-57(48)66/h1-40H. The third-order valence-corrected chi connectivity index (χ3v) is 16.2. The maximum atomic E-state index is 2.58. The summed E-state index contributed by atoms with van der Waals surface area (Å²) in [6, 6.07) is 91.9. The molecular weight excluding hydrogens is 821 g/mol. The zero-order valence-electron chi connectivity index (χ0n) is 37.0. The molecule has 2 heteroatoms. The molecule has 1 aromatic heterocycles. The van der Waals surface area contributed by atoms with Crippen LogP contribution in [0.2, 0.25) is 0 Å². The monoisotopic (exact) mass is 860 g/mol. The molecule has 2 heterocycles. The Morgan fingerprint density at radius 3 is 1.37 bits per heavy atom. The fraction of sp³-hybridized carbons (Fsp3) is 0.0303. The molecule has 3 aliphatic carbocycles. The first-order chi connectivity index (χ1) is 33.8. The number of fused-ring (bicyclic) bond motifs is 23. The van der Waals surface area contributed by atoms with Crippen molar-refractivity contribution in [2.24, 2.45) is 0 Å². The lowest BCUT2D eigenvalue weighted by Crippen LogP contribution is -2.33. The average molecular weight is 861 g/mol. The normalized spacial score (nSPS) is 14.4. The smallest absolute Gasteiger partial charge is 0.0754 e. The van der Waals surface area contributed by atoms with Gasteiger partial charge in [0.15, 0.2) is 0 Å². The van der Waals surface area contributed by atoms with Crippen molar-refractivity contribution in [1.82, 2.24) is 4.57 Å². The van der Waals surface area contributed by atoms with Gasteiger partial charge in [0, 0.05) is 27.5 Å². The molecule has 11 aromatic carbocycles. The Labute approximate surface area is 394 Å². The molecule has 16 rings (SSSR count). The summed E-state index contributed by atoms with van der Waals surface area (Å²) in [6.07, 6.45) is 0. The fourth-order valence-electron chi connectivity index (χ4n) is 13.7. The van der Waals surface area contributed by atoms with Crippen molar-refractivity contribution in [2.75, 3.05) is 4.90 Å². The van der Waals surface area contributed by atoms with Crippen molar-refractivity contribution >= 4 is 49.6 Å². The van der Waals surface area contributed by atoms with Crippen LogP contribution in [0.5, 0.6) is 0 Å². The Morgan fingerprint density at radius 2 is 0.735 bits per heavy atom. The van der Waals surface area contributed by atoms with E-state index in [-0.39, 0.29) is 0 Å². The summed E-state index contributed by atoms with van der Waals surface area (Å²) in [5.41, 5.74) is 24.6. The van der Waals surface area contributed by atoms with E-state index in [1.807, 2.05) is 0 Å². The molecule has 0 bridgehead atoms. The largest absolute Gasteiger partial charge is 0.310 e. The SMILES string of the molecule is c1ccc2c(c1)-c1ccccc1C21c2ccccc2-c2ccc(N(c3ccc4c(c3)-n3c5ccccc5c5cccc(c53)C43c4ccccc4-c4ccccc43)c3cccc4ccccc34)cc21. The average Bonchev–Trinajstić information content (AvgIpc) is 4.10. The molecule has 2 spiro atoms. The van der Waals surface area contributed by atoms with E-state index < -0.39 is 10.8 Å². The van der Waals surface area contributed by atoms with Crippen LogP contribution in [0.25, 0.3) is 71.6 Å². The van der Waals surface area contributed by atoms with Gasteiger partial charge in [0.05, 0.1) is 33.2 Å². The molecule has 2 nitrogen and oxygen atoms in total. The summed E-state index contributed by atoms with van der Waals surface area (Å²) in [4.78, 5) is 2.54. The van der Waals surface area contributed by atoms with Crippen LogP contribution >= 0.6 is 0 Å². The van der Waals surface area contributed by atoms with E-state index in [1.54, 1.807) is 0 Å². The molecule has 1 aliphatic heterocycles. The molecule has 68 heavy (non-hydrogen) atoms. The van der Waals surface area contributed by atoms with Crippen LogP contribution in [0.15, 0.2) is 243 Å². The third-order valence-electron chi connectivity index (χ3n) is 16.2. The van der Waals surface area contributed by atoms with Gasteiger partial charge < -0.3 is 9.47 Å². The molecule has 0 unspecified atom stereocenters. The zero-order valence-corrected chi connectivity index (χ0v) is 37.0. The van der Waals surface area contributed by atoms with Crippen molar-refractivity contribution in [1.29, 1.82) is 0 Å². The topological polar surface area (TPSA) is 8.17 Å². The van der Waals surface area contributed by atoms with Crippen molar-refractivity contribution in [2.45, 2.75) is 10.8 Å². The summed E-state index contributed by atoms with van der Waals surface area (Å²) >= 11 is 0. The fourth-order valence-corrected chi connectivity index (χ4v) is 13.7. The summed E-state index contributed by atoms with van der Waals surface area (Å²) < 4.78 is 2.58. The quantitative estimate of drug-likeness (QED) is 0.172. The summed E-state index contributed by atoms with van der Waals surface area (Å²) in [7, 11) is 0. The molecule has 0 N–H and O–H groups in total. The lowest BCUT2D eigenvalue weighted by Gasteiger charge is -2.40. The van der Waals surface area contributed by atoms with Crippen LogP contribution in [0.4, 0.5) is 17.1 Å². The Bertz CT molecular complexity index is 4070. The van der Waals surface area contributed by atoms with E-state index in [2.05, 4.69) is 252 Å². The maximum absolute atomic E-state index is 2.58. The van der Waals surface area contributed by atoms with E-state index in [0.717, 1.165) is 17.1 Å². The molecule has 0 fully saturated rings. The second kappa shape index (κ2) is 13.0. The molecule has 12 aromatic rings. The van der Waals surface area contributed by atoms with Crippen molar-refractivity contribution in [3.05, 3.63) is 287 Å². The lowest BCUT2D eigenvalue weighted by molar-refractivity contribution is 0.748. The highest BCUT2D eigenvalue weighted by Gasteiger charge is 2.53. The highest BCUT2D eigenvalue weighted by atomic mass is 15.1. The molecule has 0 saturated heterocycles. The molecule has 0 radical (unpaired) electrons. The minimum Gasteiger partial charge on any atom is -0.310 e. The van der Waals surface area contributed by atoms with Gasteiger partial charge >= 0.3 is 0 Å². The number of nitrogens with zero attached hydrogens (tertiary/aromatic N) is 2. The van der Waals surface area contributed by atoms with Gasteiger partial charge in [-0.15, -0.1) is 0 Å². The number of benzene rings is 11. The van der Waals surface area contributed by atoms with Gasteiger partial charge in [0.25, 0.3) is 0 Å². The second-order valence-corrected chi connectivity index (χ2v) is 19.0. The summed E-state index contributed by atoms with van der Waals surface area (Å²) in [5.74, 6) is 0. The second-order valence-electron chi connectivity index (χ2n) is 19.0. The number of hydrogen-bond donors (Lipinski definition) is 0. The Kier molecular flexibility index (Phi) is 6.98. The van der Waals surface area contributed by atoms with Crippen LogP contribution < -0.4 is 4.90 Å². The Morgan fingerprint density at radius 1 is 0.294 bits per heavy atom.